The number of halogens is 1. The first-order valence-electron chi connectivity index (χ1n) is 7.18. The van der Waals surface area contributed by atoms with E-state index in [0.29, 0.717) is 5.92 Å². The van der Waals surface area contributed by atoms with Crippen molar-refractivity contribution in [2.75, 3.05) is 19.7 Å². The van der Waals surface area contributed by atoms with E-state index < -0.39 is 5.82 Å². The van der Waals surface area contributed by atoms with Gasteiger partial charge in [0.25, 0.3) is 5.91 Å². The number of carbonyl (C=O) groups is 2. The highest BCUT2D eigenvalue weighted by atomic mass is 19.1. The van der Waals surface area contributed by atoms with Crippen LogP contribution in [0.5, 0.6) is 5.75 Å². The highest BCUT2D eigenvalue weighted by molar-refractivity contribution is 5.94. The molecule has 0 saturated carbocycles. The van der Waals surface area contributed by atoms with Gasteiger partial charge < -0.3 is 9.64 Å². The molecule has 4 nitrogen and oxygen atoms in total. The molecule has 114 valence electrons. The Kier molecular flexibility index (Phi) is 4.94. The van der Waals surface area contributed by atoms with Gasteiger partial charge in [0.2, 0.25) is 0 Å². The number of rotatable bonds is 4. The third-order valence-electron chi connectivity index (χ3n) is 3.69. The Morgan fingerprint density at radius 3 is 2.81 bits per heavy atom. The quantitative estimate of drug-likeness (QED) is 0.802. The monoisotopic (exact) mass is 293 g/mol. The van der Waals surface area contributed by atoms with Crippen molar-refractivity contribution in [1.82, 2.24) is 4.90 Å². The van der Waals surface area contributed by atoms with E-state index in [0.717, 1.165) is 32.0 Å². The summed E-state index contributed by atoms with van der Waals surface area (Å²) in [5, 5.41) is 0. The van der Waals surface area contributed by atoms with Crippen molar-refractivity contribution in [3.05, 3.63) is 29.6 Å². The molecule has 0 aromatic heterocycles. The Hall–Kier alpha value is -1.91. The summed E-state index contributed by atoms with van der Waals surface area (Å²) in [5.41, 5.74) is 0.0264. The van der Waals surface area contributed by atoms with Crippen LogP contribution in [-0.4, -0.2) is 36.3 Å². The smallest absolute Gasteiger partial charge is 0.260 e. The second kappa shape index (κ2) is 6.70. The van der Waals surface area contributed by atoms with Crippen molar-refractivity contribution in [3.63, 3.8) is 0 Å². The fourth-order valence-corrected chi connectivity index (χ4v) is 2.52. The maximum atomic E-state index is 13.6. The molecule has 0 aliphatic carbocycles. The van der Waals surface area contributed by atoms with E-state index in [2.05, 4.69) is 6.92 Å². The van der Waals surface area contributed by atoms with Crippen LogP contribution in [0.4, 0.5) is 4.39 Å². The van der Waals surface area contributed by atoms with Gasteiger partial charge in [-0.15, -0.1) is 0 Å². The third kappa shape index (κ3) is 4.03. The molecule has 1 aliphatic rings. The predicted octanol–water partition coefficient (Wildman–Crippen LogP) is 2.67. The van der Waals surface area contributed by atoms with Crippen LogP contribution in [0.2, 0.25) is 0 Å². The van der Waals surface area contributed by atoms with Gasteiger partial charge in [-0.2, -0.15) is 0 Å². The minimum Gasteiger partial charge on any atom is -0.484 e. The van der Waals surface area contributed by atoms with Crippen molar-refractivity contribution in [2.45, 2.75) is 26.7 Å². The topological polar surface area (TPSA) is 46.6 Å². The summed E-state index contributed by atoms with van der Waals surface area (Å²) < 4.78 is 19.0. The number of hydrogen-bond donors (Lipinski definition) is 0. The molecule has 1 amide bonds. The molecule has 0 bridgehead atoms. The van der Waals surface area contributed by atoms with E-state index >= 15 is 0 Å². The molecule has 1 fully saturated rings. The second-order valence-electron chi connectivity index (χ2n) is 5.57. The summed E-state index contributed by atoms with van der Waals surface area (Å²) in [7, 11) is 0. The lowest BCUT2D eigenvalue weighted by Gasteiger charge is -2.30. The molecule has 21 heavy (non-hydrogen) atoms. The molecule has 1 aromatic carbocycles. The second-order valence-corrected chi connectivity index (χ2v) is 5.57. The van der Waals surface area contributed by atoms with Crippen LogP contribution in [-0.2, 0) is 4.79 Å². The van der Waals surface area contributed by atoms with Crippen LogP contribution in [0.25, 0.3) is 0 Å². The molecular formula is C16H20FNO3. The summed E-state index contributed by atoms with van der Waals surface area (Å²) in [6.45, 7) is 4.83. The molecule has 1 aromatic rings. The van der Waals surface area contributed by atoms with Crippen LogP contribution in [0.3, 0.4) is 0 Å². The van der Waals surface area contributed by atoms with Crippen LogP contribution < -0.4 is 4.74 Å². The van der Waals surface area contributed by atoms with Gasteiger partial charge in [-0.05, 0) is 37.8 Å². The van der Waals surface area contributed by atoms with E-state index in [1.807, 2.05) is 0 Å². The van der Waals surface area contributed by atoms with Gasteiger partial charge >= 0.3 is 0 Å². The number of carbonyl (C=O) groups excluding carboxylic acids is 2. The summed E-state index contributed by atoms with van der Waals surface area (Å²) in [6.07, 6.45) is 2.15. The van der Waals surface area contributed by atoms with Gasteiger partial charge in [0.05, 0.1) is 5.56 Å². The number of amides is 1. The molecule has 0 unspecified atom stereocenters. The molecule has 0 radical (unpaired) electrons. The number of ketones is 1. The molecule has 2 rings (SSSR count). The lowest BCUT2D eigenvalue weighted by atomic mass is 10.0. The highest BCUT2D eigenvalue weighted by Crippen LogP contribution is 2.18. The van der Waals surface area contributed by atoms with Crippen LogP contribution in [0, 0.1) is 11.7 Å². The minimum atomic E-state index is -0.626. The zero-order chi connectivity index (χ0) is 15.4. The molecule has 0 spiro atoms. The Bertz CT molecular complexity index is 544. The Balaban J connectivity index is 1.92. The minimum absolute atomic E-state index is 0.0264. The van der Waals surface area contributed by atoms with Crippen LogP contribution >= 0.6 is 0 Å². The van der Waals surface area contributed by atoms with E-state index in [9.17, 15) is 14.0 Å². The fraction of sp³-hybridized carbons (Fsp3) is 0.500. The average molecular weight is 293 g/mol. The number of nitrogens with zero attached hydrogens (tertiary/aromatic N) is 1. The zero-order valence-electron chi connectivity index (χ0n) is 12.4. The van der Waals surface area contributed by atoms with Gasteiger partial charge in [0.15, 0.2) is 12.4 Å². The van der Waals surface area contributed by atoms with E-state index in [1.54, 1.807) is 4.90 Å². The molecule has 0 N–H and O–H groups in total. The van der Waals surface area contributed by atoms with Gasteiger partial charge in [-0.25, -0.2) is 4.39 Å². The molecule has 5 heteroatoms. The first kappa shape index (κ1) is 15.5. The first-order valence-corrected chi connectivity index (χ1v) is 7.18. The van der Waals surface area contributed by atoms with Gasteiger partial charge in [0, 0.05) is 19.2 Å². The molecule has 1 aliphatic heterocycles. The molecule has 1 heterocycles. The van der Waals surface area contributed by atoms with Gasteiger partial charge in [-0.3, -0.25) is 9.59 Å². The van der Waals surface area contributed by atoms with E-state index in [-0.39, 0.29) is 29.6 Å². The average Bonchev–Trinajstić information content (AvgIpc) is 2.44. The lowest BCUT2D eigenvalue weighted by Crippen LogP contribution is -2.41. The Labute approximate surface area is 123 Å². The van der Waals surface area contributed by atoms with E-state index in [4.69, 9.17) is 4.74 Å². The maximum Gasteiger partial charge on any atom is 0.260 e. The summed E-state index contributed by atoms with van der Waals surface area (Å²) in [4.78, 5) is 25.0. The molecular weight excluding hydrogens is 273 g/mol. The third-order valence-corrected chi connectivity index (χ3v) is 3.69. The van der Waals surface area contributed by atoms with Crippen molar-refractivity contribution in [3.8, 4) is 5.75 Å². The number of likely N-dealkylation sites (tertiary alicyclic amines) is 1. The van der Waals surface area contributed by atoms with Crippen molar-refractivity contribution < 1.29 is 18.7 Å². The summed E-state index contributed by atoms with van der Waals surface area (Å²) in [5.74, 6) is -0.278. The lowest BCUT2D eigenvalue weighted by molar-refractivity contribution is -0.135. The SMILES string of the molecule is CC(=O)c1ccc(OCC(=O)N2CCC[C@@H](C)C2)cc1F. The van der Waals surface area contributed by atoms with E-state index in [1.165, 1.54) is 19.1 Å². The number of benzene rings is 1. The van der Waals surface area contributed by atoms with Crippen LogP contribution in [0.15, 0.2) is 18.2 Å². The predicted molar refractivity (Wildman–Crippen MR) is 76.9 cm³/mol. The van der Waals surface area contributed by atoms with Crippen molar-refractivity contribution in [1.29, 1.82) is 0 Å². The summed E-state index contributed by atoms with van der Waals surface area (Å²) >= 11 is 0. The first-order chi connectivity index (χ1) is 9.97. The molecule has 1 saturated heterocycles. The van der Waals surface area contributed by atoms with Crippen molar-refractivity contribution >= 4 is 11.7 Å². The number of piperidine rings is 1. The largest absolute Gasteiger partial charge is 0.484 e. The fourth-order valence-electron chi connectivity index (χ4n) is 2.52. The maximum absolute atomic E-state index is 13.6. The number of ether oxygens (including phenoxy) is 1. The number of hydrogen-bond acceptors (Lipinski definition) is 3. The Morgan fingerprint density at radius 2 is 2.19 bits per heavy atom. The van der Waals surface area contributed by atoms with Gasteiger partial charge in [-0.1, -0.05) is 6.92 Å². The highest BCUT2D eigenvalue weighted by Gasteiger charge is 2.21. The standard InChI is InChI=1S/C16H20FNO3/c1-11-4-3-7-18(9-11)16(20)10-21-13-5-6-14(12(2)19)15(17)8-13/h5-6,8,11H,3-4,7,9-10H2,1-2H3/t11-/m1/s1. The van der Waals surface area contributed by atoms with Crippen LogP contribution in [0.1, 0.15) is 37.0 Å². The van der Waals surface area contributed by atoms with Gasteiger partial charge in [0.1, 0.15) is 11.6 Å². The molecule has 1 atom stereocenters. The van der Waals surface area contributed by atoms with Crippen molar-refractivity contribution in [2.24, 2.45) is 5.92 Å². The normalized spacial score (nSPS) is 18.4. The summed E-state index contributed by atoms with van der Waals surface area (Å²) in [6, 6.07) is 4.02. The number of Topliss-reactive ketones (excluding diaryl/α,β-unsaturated/α-hetero) is 1. The zero-order valence-corrected chi connectivity index (χ0v) is 12.4. The Morgan fingerprint density at radius 1 is 1.43 bits per heavy atom.